The Morgan fingerprint density at radius 2 is 2.00 bits per heavy atom. The lowest BCUT2D eigenvalue weighted by molar-refractivity contribution is -0.110. The SMILES string of the molecule is COc1ccc(C(=O)NC2=CC(C=O)CC(C)C2)cc1OC1CCCC1. The maximum absolute atomic E-state index is 12.7. The Morgan fingerprint density at radius 1 is 1.23 bits per heavy atom. The highest BCUT2D eigenvalue weighted by atomic mass is 16.5. The molecule has 2 atom stereocenters. The summed E-state index contributed by atoms with van der Waals surface area (Å²) < 4.78 is 11.4. The fraction of sp³-hybridized carbons (Fsp3) is 0.524. The van der Waals surface area contributed by atoms with Crippen LogP contribution < -0.4 is 14.8 Å². The van der Waals surface area contributed by atoms with Crippen LogP contribution in [0.5, 0.6) is 11.5 Å². The number of carbonyl (C=O) groups excluding carboxylic acids is 2. The summed E-state index contributed by atoms with van der Waals surface area (Å²) in [4.78, 5) is 23.8. The zero-order valence-electron chi connectivity index (χ0n) is 15.5. The van der Waals surface area contributed by atoms with E-state index in [1.54, 1.807) is 25.3 Å². The first-order valence-corrected chi connectivity index (χ1v) is 9.41. The number of ether oxygens (including phenoxy) is 2. The van der Waals surface area contributed by atoms with Gasteiger partial charge in [0.25, 0.3) is 5.91 Å². The second-order valence-corrected chi connectivity index (χ2v) is 7.38. The van der Waals surface area contributed by atoms with Gasteiger partial charge in [-0.1, -0.05) is 13.0 Å². The van der Waals surface area contributed by atoms with Crippen molar-refractivity contribution in [2.45, 2.75) is 51.6 Å². The first-order chi connectivity index (χ1) is 12.6. The average Bonchev–Trinajstić information content (AvgIpc) is 3.14. The number of nitrogens with one attached hydrogen (secondary N) is 1. The Morgan fingerprint density at radius 3 is 2.69 bits per heavy atom. The van der Waals surface area contributed by atoms with Gasteiger partial charge in [0.1, 0.15) is 6.29 Å². The molecule has 1 N–H and O–H groups in total. The lowest BCUT2D eigenvalue weighted by Crippen LogP contribution is -2.27. The van der Waals surface area contributed by atoms with Crippen LogP contribution in [-0.4, -0.2) is 25.4 Å². The van der Waals surface area contributed by atoms with Gasteiger partial charge < -0.3 is 19.6 Å². The van der Waals surface area contributed by atoms with Gasteiger partial charge in [-0.05, 0) is 62.6 Å². The van der Waals surface area contributed by atoms with Gasteiger partial charge in [0.2, 0.25) is 0 Å². The van der Waals surface area contributed by atoms with Crippen molar-refractivity contribution in [3.63, 3.8) is 0 Å². The van der Waals surface area contributed by atoms with E-state index in [1.165, 1.54) is 12.8 Å². The van der Waals surface area contributed by atoms with Gasteiger partial charge >= 0.3 is 0 Å². The zero-order valence-corrected chi connectivity index (χ0v) is 15.5. The van der Waals surface area contributed by atoms with E-state index in [9.17, 15) is 9.59 Å². The minimum absolute atomic E-state index is 0.119. The summed E-state index contributed by atoms with van der Waals surface area (Å²) in [6.45, 7) is 2.09. The van der Waals surface area contributed by atoms with Crippen molar-refractivity contribution in [1.29, 1.82) is 0 Å². The molecule has 1 fully saturated rings. The van der Waals surface area contributed by atoms with E-state index in [4.69, 9.17) is 9.47 Å². The Labute approximate surface area is 154 Å². The van der Waals surface area contributed by atoms with Crippen LogP contribution in [0.2, 0.25) is 0 Å². The molecule has 0 heterocycles. The fourth-order valence-corrected chi connectivity index (χ4v) is 3.82. The first kappa shape index (κ1) is 18.5. The number of rotatable bonds is 6. The summed E-state index contributed by atoms with van der Waals surface area (Å²) in [7, 11) is 1.60. The van der Waals surface area contributed by atoms with Gasteiger partial charge in [0, 0.05) is 17.2 Å². The summed E-state index contributed by atoms with van der Waals surface area (Å²) >= 11 is 0. The molecule has 0 aromatic heterocycles. The van der Waals surface area contributed by atoms with Crippen molar-refractivity contribution in [2.24, 2.45) is 11.8 Å². The lowest BCUT2D eigenvalue weighted by Gasteiger charge is -2.23. The van der Waals surface area contributed by atoms with Crippen LogP contribution in [0.15, 0.2) is 30.0 Å². The third-order valence-corrected chi connectivity index (χ3v) is 5.13. The third-order valence-electron chi connectivity index (χ3n) is 5.13. The van der Waals surface area contributed by atoms with Gasteiger partial charge in [-0.2, -0.15) is 0 Å². The summed E-state index contributed by atoms with van der Waals surface area (Å²) in [5.41, 5.74) is 1.35. The molecule has 1 amide bonds. The molecule has 2 aliphatic rings. The van der Waals surface area contributed by atoms with Crippen molar-refractivity contribution >= 4 is 12.2 Å². The lowest BCUT2D eigenvalue weighted by atomic mass is 9.87. The van der Waals surface area contributed by atoms with Crippen molar-refractivity contribution in [3.8, 4) is 11.5 Å². The highest BCUT2D eigenvalue weighted by Crippen LogP contribution is 2.33. The normalized spacial score (nSPS) is 23.2. The van der Waals surface area contributed by atoms with Crippen molar-refractivity contribution in [1.82, 2.24) is 5.32 Å². The smallest absolute Gasteiger partial charge is 0.255 e. The van der Waals surface area contributed by atoms with Crippen molar-refractivity contribution in [2.75, 3.05) is 7.11 Å². The zero-order chi connectivity index (χ0) is 18.5. The van der Waals surface area contributed by atoms with Gasteiger partial charge in [-0.25, -0.2) is 0 Å². The van der Waals surface area contributed by atoms with Crippen LogP contribution in [0.4, 0.5) is 0 Å². The molecule has 0 spiro atoms. The Balaban J connectivity index is 1.74. The molecule has 5 nitrogen and oxygen atoms in total. The molecular weight excluding hydrogens is 330 g/mol. The number of methoxy groups -OCH3 is 1. The molecule has 1 aromatic rings. The maximum Gasteiger partial charge on any atom is 0.255 e. The number of allylic oxidation sites excluding steroid dienone is 2. The van der Waals surface area contributed by atoms with Crippen molar-refractivity contribution in [3.05, 3.63) is 35.5 Å². The van der Waals surface area contributed by atoms with Crippen molar-refractivity contribution < 1.29 is 19.1 Å². The van der Waals surface area contributed by atoms with Gasteiger partial charge in [0.05, 0.1) is 13.2 Å². The number of hydrogen-bond acceptors (Lipinski definition) is 4. The van der Waals surface area contributed by atoms with E-state index >= 15 is 0 Å². The van der Waals surface area contributed by atoms with Gasteiger partial charge in [0.15, 0.2) is 11.5 Å². The average molecular weight is 357 g/mol. The fourth-order valence-electron chi connectivity index (χ4n) is 3.82. The highest BCUT2D eigenvalue weighted by molar-refractivity contribution is 5.96. The molecule has 26 heavy (non-hydrogen) atoms. The van der Waals surface area contributed by atoms with Crippen LogP contribution in [0.1, 0.15) is 55.8 Å². The highest BCUT2D eigenvalue weighted by Gasteiger charge is 2.22. The van der Waals surface area contributed by atoms with Gasteiger partial charge in [-0.3, -0.25) is 4.79 Å². The van der Waals surface area contributed by atoms with Crippen LogP contribution in [0, 0.1) is 11.8 Å². The van der Waals surface area contributed by atoms with E-state index in [0.717, 1.165) is 37.7 Å². The third kappa shape index (κ3) is 4.45. The molecule has 0 saturated heterocycles. The maximum atomic E-state index is 12.7. The molecule has 0 aliphatic heterocycles. The molecular formula is C21H27NO4. The monoisotopic (exact) mass is 357 g/mol. The number of amides is 1. The molecule has 3 rings (SSSR count). The number of hydrogen-bond donors (Lipinski definition) is 1. The predicted molar refractivity (Wildman–Crippen MR) is 99.4 cm³/mol. The Hall–Kier alpha value is -2.30. The molecule has 1 aromatic carbocycles. The molecule has 0 bridgehead atoms. The van der Waals surface area contributed by atoms with Crippen LogP contribution in [0.25, 0.3) is 0 Å². The number of aldehydes is 1. The van der Waals surface area contributed by atoms with Crippen LogP contribution in [0.3, 0.4) is 0 Å². The van der Waals surface area contributed by atoms with E-state index in [-0.39, 0.29) is 17.9 Å². The van der Waals surface area contributed by atoms with E-state index in [1.807, 2.05) is 6.08 Å². The molecule has 0 radical (unpaired) electrons. The summed E-state index contributed by atoms with van der Waals surface area (Å²) in [5.74, 6) is 1.33. The molecule has 2 aliphatic carbocycles. The molecule has 5 heteroatoms. The van der Waals surface area contributed by atoms with Crippen LogP contribution in [-0.2, 0) is 4.79 Å². The standard InChI is InChI=1S/C21H27NO4/c1-14-9-15(13-23)11-17(10-14)22-21(24)16-7-8-19(25-2)20(12-16)26-18-5-3-4-6-18/h7-8,11-15,18H,3-6,9-10H2,1-2H3,(H,22,24). The summed E-state index contributed by atoms with van der Waals surface area (Å²) in [6.07, 6.45) is 9.05. The predicted octanol–water partition coefficient (Wildman–Crippen LogP) is 3.88. The van der Waals surface area contributed by atoms with E-state index < -0.39 is 0 Å². The topological polar surface area (TPSA) is 64.6 Å². The molecule has 2 unspecified atom stereocenters. The summed E-state index contributed by atoms with van der Waals surface area (Å²) in [5, 5.41) is 2.96. The summed E-state index contributed by atoms with van der Waals surface area (Å²) in [6, 6.07) is 5.25. The van der Waals surface area contributed by atoms with E-state index in [2.05, 4.69) is 12.2 Å². The Kier molecular flexibility index (Phi) is 5.96. The second kappa shape index (κ2) is 8.39. The first-order valence-electron chi connectivity index (χ1n) is 9.41. The minimum Gasteiger partial charge on any atom is -0.493 e. The quantitative estimate of drug-likeness (QED) is 0.785. The second-order valence-electron chi connectivity index (χ2n) is 7.38. The van der Waals surface area contributed by atoms with Gasteiger partial charge in [-0.15, -0.1) is 0 Å². The molecule has 1 saturated carbocycles. The number of benzene rings is 1. The van der Waals surface area contributed by atoms with E-state index in [0.29, 0.717) is 23.0 Å². The minimum atomic E-state index is -0.186. The Bertz CT molecular complexity index is 691. The largest absolute Gasteiger partial charge is 0.493 e. The molecule has 140 valence electrons. The van der Waals surface area contributed by atoms with Crippen LogP contribution >= 0.6 is 0 Å². The number of carbonyl (C=O) groups is 2.